The van der Waals surface area contributed by atoms with Crippen molar-refractivity contribution in [3.8, 4) is 11.3 Å². The number of nitrogens with zero attached hydrogens (tertiary/aromatic N) is 2. The fourth-order valence-corrected chi connectivity index (χ4v) is 1.30. The Morgan fingerprint density at radius 3 is 2.62 bits per heavy atom. The van der Waals surface area contributed by atoms with Crippen molar-refractivity contribution in [3.63, 3.8) is 0 Å². The topological polar surface area (TPSA) is 98.8 Å². The Bertz CT molecular complexity index is 577. The van der Waals surface area contributed by atoms with Crippen molar-refractivity contribution in [2.24, 2.45) is 0 Å². The van der Waals surface area contributed by atoms with Crippen molar-refractivity contribution in [1.82, 2.24) is 15.0 Å². The van der Waals surface area contributed by atoms with E-state index >= 15 is 0 Å². The number of carbonyl (C=O) groups is 1. The zero-order valence-electron chi connectivity index (χ0n) is 8.01. The first-order valence-corrected chi connectivity index (χ1v) is 4.39. The van der Waals surface area contributed by atoms with Gasteiger partial charge in [-0.15, -0.1) is 0 Å². The normalized spacial score (nSPS) is 10.0. The first-order chi connectivity index (χ1) is 7.68. The summed E-state index contributed by atoms with van der Waals surface area (Å²) >= 11 is 0. The number of rotatable bonds is 2. The Labute approximate surface area is 89.6 Å². The van der Waals surface area contributed by atoms with Gasteiger partial charge in [0.25, 0.3) is 0 Å². The van der Waals surface area contributed by atoms with E-state index in [1.54, 1.807) is 12.1 Å². The van der Waals surface area contributed by atoms with Gasteiger partial charge in [0.05, 0.1) is 11.7 Å². The zero-order valence-corrected chi connectivity index (χ0v) is 8.01. The van der Waals surface area contributed by atoms with Crippen molar-refractivity contribution >= 4 is 5.97 Å². The number of aromatic carboxylic acids is 1. The standard InChI is InChI=1S/C10H7N3O3/c14-9(15)7-5-12-10(16)13-8(7)6-1-3-11-4-2-6/h1-5H,(H,14,15)(H,12,13,16)/p-1. The molecule has 0 unspecified atom stereocenters. The summed E-state index contributed by atoms with van der Waals surface area (Å²) in [5.74, 6) is -1.39. The van der Waals surface area contributed by atoms with Gasteiger partial charge in [-0.1, -0.05) is 0 Å². The van der Waals surface area contributed by atoms with Crippen molar-refractivity contribution < 1.29 is 9.90 Å². The molecule has 0 aliphatic rings. The van der Waals surface area contributed by atoms with Gasteiger partial charge >= 0.3 is 5.69 Å². The minimum Gasteiger partial charge on any atom is -0.545 e. The molecule has 0 atom stereocenters. The highest BCUT2D eigenvalue weighted by Gasteiger charge is 2.07. The molecule has 0 aliphatic carbocycles. The SMILES string of the molecule is O=C([O-])c1cnc(=O)[nH]c1-c1ccncc1. The van der Waals surface area contributed by atoms with Gasteiger partial charge in [-0.25, -0.2) is 9.78 Å². The lowest BCUT2D eigenvalue weighted by atomic mass is 10.1. The minimum atomic E-state index is -1.39. The molecule has 0 bridgehead atoms. The molecule has 0 amide bonds. The van der Waals surface area contributed by atoms with Crippen LogP contribution in [0.25, 0.3) is 11.3 Å². The van der Waals surface area contributed by atoms with Crippen molar-refractivity contribution in [2.45, 2.75) is 0 Å². The lowest BCUT2D eigenvalue weighted by Gasteiger charge is -2.08. The summed E-state index contributed by atoms with van der Waals surface area (Å²) in [5, 5.41) is 10.8. The van der Waals surface area contributed by atoms with E-state index in [2.05, 4.69) is 15.0 Å². The first-order valence-electron chi connectivity index (χ1n) is 4.39. The van der Waals surface area contributed by atoms with Crippen LogP contribution in [-0.2, 0) is 0 Å². The number of nitrogens with one attached hydrogen (secondary N) is 1. The molecule has 0 aromatic carbocycles. The van der Waals surface area contributed by atoms with Crippen LogP contribution in [0.15, 0.2) is 35.5 Å². The van der Waals surface area contributed by atoms with Crippen LogP contribution in [0.2, 0.25) is 0 Å². The molecule has 2 aromatic heterocycles. The summed E-state index contributed by atoms with van der Waals surface area (Å²) in [7, 11) is 0. The smallest absolute Gasteiger partial charge is 0.345 e. The van der Waals surface area contributed by atoms with Crippen LogP contribution in [0.5, 0.6) is 0 Å². The van der Waals surface area contributed by atoms with Gasteiger partial charge in [-0.3, -0.25) is 4.98 Å². The Morgan fingerprint density at radius 2 is 2.00 bits per heavy atom. The van der Waals surface area contributed by atoms with E-state index in [-0.39, 0.29) is 11.3 Å². The van der Waals surface area contributed by atoms with Crippen LogP contribution in [0.3, 0.4) is 0 Å². The zero-order chi connectivity index (χ0) is 11.5. The number of H-pyrrole nitrogens is 1. The van der Waals surface area contributed by atoms with Gasteiger partial charge in [0, 0.05) is 29.7 Å². The number of hydrogen-bond donors (Lipinski definition) is 1. The predicted molar refractivity (Wildman–Crippen MR) is 52.4 cm³/mol. The van der Waals surface area contributed by atoms with Crippen LogP contribution in [-0.4, -0.2) is 20.9 Å². The van der Waals surface area contributed by atoms with E-state index in [0.29, 0.717) is 5.56 Å². The number of hydrogen-bond acceptors (Lipinski definition) is 5. The Morgan fingerprint density at radius 1 is 1.31 bits per heavy atom. The van der Waals surface area contributed by atoms with Crippen LogP contribution >= 0.6 is 0 Å². The monoisotopic (exact) mass is 216 g/mol. The molecule has 1 N–H and O–H groups in total. The number of carboxylic acids is 1. The molecule has 6 heteroatoms. The average Bonchev–Trinajstić information content (AvgIpc) is 2.29. The molecule has 0 spiro atoms. The van der Waals surface area contributed by atoms with Crippen molar-refractivity contribution in [2.75, 3.05) is 0 Å². The molecule has 0 aliphatic heterocycles. The highest BCUT2D eigenvalue weighted by atomic mass is 16.4. The van der Waals surface area contributed by atoms with E-state index in [9.17, 15) is 14.7 Å². The maximum atomic E-state index is 11.0. The third-order valence-corrected chi connectivity index (χ3v) is 2.00. The highest BCUT2D eigenvalue weighted by molar-refractivity contribution is 5.92. The third kappa shape index (κ3) is 1.81. The van der Waals surface area contributed by atoms with Crippen LogP contribution in [0.4, 0.5) is 0 Å². The fraction of sp³-hybridized carbons (Fsp3) is 0. The quantitative estimate of drug-likeness (QED) is 0.708. The van der Waals surface area contributed by atoms with Crippen LogP contribution in [0.1, 0.15) is 10.4 Å². The van der Waals surface area contributed by atoms with E-state index in [1.165, 1.54) is 12.4 Å². The van der Waals surface area contributed by atoms with Crippen LogP contribution < -0.4 is 10.8 Å². The molecule has 0 radical (unpaired) electrons. The first kappa shape index (κ1) is 10.0. The Hall–Kier alpha value is -2.50. The van der Waals surface area contributed by atoms with Gasteiger partial charge in [0.1, 0.15) is 0 Å². The number of carboxylic acid groups (broad SMARTS) is 1. The molecule has 6 nitrogen and oxygen atoms in total. The number of pyridine rings is 1. The molecule has 0 saturated heterocycles. The number of aromatic amines is 1. The lowest BCUT2D eigenvalue weighted by Crippen LogP contribution is -2.26. The number of aromatic nitrogens is 3. The second kappa shape index (κ2) is 3.93. The lowest BCUT2D eigenvalue weighted by molar-refractivity contribution is -0.255. The molecule has 80 valence electrons. The maximum Gasteiger partial charge on any atom is 0.345 e. The maximum absolute atomic E-state index is 11.0. The second-order valence-corrected chi connectivity index (χ2v) is 3.00. The minimum absolute atomic E-state index is 0.161. The summed E-state index contributed by atoms with van der Waals surface area (Å²) in [6, 6.07) is 3.16. The van der Waals surface area contributed by atoms with Crippen LogP contribution in [0, 0.1) is 0 Å². The van der Waals surface area contributed by atoms with E-state index in [1.807, 2.05) is 0 Å². The summed E-state index contributed by atoms with van der Waals surface area (Å²) < 4.78 is 0. The Kier molecular flexibility index (Phi) is 2.47. The molecule has 16 heavy (non-hydrogen) atoms. The molecular weight excluding hydrogens is 210 g/mol. The third-order valence-electron chi connectivity index (χ3n) is 2.00. The largest absolute Gasteiger partial charge is 0.545 e. The van der Waals surface area contributed by atoms with E-state index in [4.69, 9.17) is 0 Å². The summed E-state index contributed by atoms with van der Waals surface area (Å²) in [6.45, 7) is 0. The molecule has 0 fully saturated rings. The molecule has 2 rings (SSSR count). The van der Waals surface area contributed by atoms with Gasteiger partial charge in [-0.05, 0) is 12.1 Å². The fourth-order valence-electron chi connectivity index (χ4n) is 1.30. The molecular formula is C10H6N3O3-. The summed E-state index contributed by atoms with van der Waals surface area (Å²) in [4.78, 5) is 31.4. The highest BCUT2D eigenvalue weighted by Crippen LogP contribution is 2.17. The number of carbonyl (C=O) groups excluding carboxylic acids is 1. The van der Waals surface area contributed by atoms with E-state index in [0.717, 1.165) is 6.20 Å². The molecule has 2 heterocycles. The predicted octanol–water partition coefficient (Wildman–Crippen LogP) is -0.805. The molecule has 0 saturated carbocycles. The van der Waals surface area contributed by atoms with E-state index < -0.39 is 11.7 Å². The average molecular weight is 216 g/mol. The van der Waals surface area contributed by atoms with Gasteiger partial charge in [-0.2, -0.15) is 0 Å². The van der Waals surface area contributed by atoms with Gasteiger partial charge in [0.2, 0.25) is 0 Å². The summed E-state index contributed by atoms with van der Waals surface area (Å²) in [5.41, 5.74) is -0.0706. The van der Waals surface area contributed by atoms with Crippen molar-refractivity contribution in [1.29, 1.82) is 0 Å². The van der Waals surface area contributed by atoms with Gasteiger partial charge in [0.15, 0.2) is 0 Å². The van der Waals surface area contributed by atoms with Crippen molar-refractivity contribution in [3.05, 3.63) is 46.8 Å². The Balaban J connectivity index is 2.68. The molecule has 2 aromatic rings. The summed E-state index contributed by atoms with van der Waals surface area (Å²) in [6.07, 6.45) is 3.96. The van der Waals surface area contributed by atoms with Gasteiger partial charge < -0.3 is 14.9 Å². The second-order valence-electron chi connectivity index (χ2n) is 3.00.